The van der Waals surface area contributed by atoms with Gasteiger partial charge in [0.25, 0.3) is 11.8 Å². The summed E-state index contributed by atoms with van der Waals surface area (Å²) in [6.45, 7) is -0.0756. The number of carbonyl (C=O) groups is 1. The molecule has 1 aliphatic rings. The fourth-order valence-electron chi connectivity index (χ4n) is 2.13. The third-order valence-corrected chi connectivity index (χ3v) is 3.08. The number of piperidine rings is 1. The van der Waals surface area contributed by atoms with Gasteiger partial charge in [0.05, 0.1) is 6.54 Å². The van der Waals surface area contributed by atoms with Gasteiger partial charge in [-0.15, -0.1) is 0 Å². The van der Waals surface area contributed by atoms with E-state index in [9.17, 15) is 13.6 Å². The molecule has 2 rings (SSSR count). The smallest absolute Gasteiger partial charge is 0.265 e. The van der Waals surface area contributed by atoms with Crippen molar-refractivity contribution < 1.29 is 13.6 Å². The zero-order valence-electron chi connectivity index (χ0n) is 10.2. The van der Waals surface area contributed by atoms with Crippen molar-refractivity contribution in [3.8, 4) is 0 Å². The van der Waals surface area contributed by atoms with E-state index in [-0.39, 0.29) is 12.3 Å². The molecule has 1 N–H and O–H groups in total. The van der Waals surface area contributed by atoms with Crippen LogP contribution in [-0.2, 0) is 0 Å². The molecule has 1 heterocycles. The van der Waals surface area contributed by atoms with E-state index in [0.717, 1.165) is 5.69 Å². The van der Waals surface area contributed by atoms with Crippen molar-refractivity contribution in [3.63, 3.8) is 0 Å². The van der Waals surface area contributed by atoms with Crippen molar-refractivity contribution in [2.24, 2.45) is 0 Å². The molecule has 0 radical (unpaired) electrons. The fourth-order valence-corrected chi connectivity index (χ4v) is 2.13. The molecule has 5 heteroatoms. The Morgan fingerprint density at radius 2 is 2.22 bits per heavy atom. The average Bonchev–Trinajstić information content (AvgIpc) is 2.37. The highest BCUT2D eigenvalue weighted by Crippen LogP contribution is 2.27. The number of nitrogens with one attached hydrogen (secondary N) is 1. The van der Waals surface area contributed by atoms with Gasteiger partial charge in [-0.1, -0.05) is 6.07 Å². The molecule has 0 atom stereocenters. The van der Waals surface area contributed by atoms with E-state index in [1.54, 1.807) is 25.2 Å². The van der Waals surface area contributed by atoms with E-state index in [0.29, 0.717) is 18.5 Å². The van der Waals surface area contributed by atoms with E-state index in [4.69, 9.17) is 0 Å². The Morgan fingerprint density at radius 3 is 2.89 bits per heavy atom. The zero-order valence-corrected chi connectivity index (χ0v) is 10.2. The van der Waals surface area contributed by atoms with Gasteiger partial charge in [0.1, 0.15) is 0 Å². The highest BCUT2D eigenvalue weighted by Gasteiger charge is 2.37. The van der Waals surface area contributed by atoms with Crippen molar-refractivity contribution in [2.45, 2.75) is 18.8 Å². The normalized spacial score (nSPS) is 18.5. The maximum atomic E-state index is 13.3. The number of likely N-dealkylation sites (tertiary alicyclic amines) is 1. The maximum Gasteiger partial charge on any atom is 0.265 e. The standard InChI is InChI=1S/C13H16F2N2O/c1-16-11-5-2-4-10(8-11)12(18)17-7-3-6-13(14,15)9-17/h2,4-5,8,16H,3,6-7,9H2,1H3. The van der Waals surface area contributed by atoms with Gasteiger partial charge < -0.3 is 10.2 Å². The van der Waals surface area contributed by atoms with Crippen LogP contribution in [0.5, 0.6) is 0 Å². The van der Waals surface area contributed by atoms with Gasteiger partial charge in [-0.2, -0.15) is 0 Å². The Hall–Kier alpha value is -1.65. The first kappa shape index (κ1) is 12.8. The highest BCUT2D eigenvalue weighted by atomic mass is 19.3. The van der Waals surface area contributed by atoms with Gasteiger partial charge in [-0.05, 0) is 24.6 Å². The van der Waals surface area contributed by atoms with Crippen molar-refractivity contribution >= 4 is 11.6 Å². The molecule has 1 amide bonds. The molecule has 1 aromatic rings. The molecule has 1 aliphatic heterocycles. The van der Waals surface area contributed by atoms with E-state index in [1.165, 1.54) is 4.90 Å². The summed E-state index contributed by atoms with van der Waals surface area (Å²) in [5.74, 6) is -3.08. The second-order valence-electron chi connectivity index (χ2n) is 4.52. The molecular weight excluding hydrogens is 238 g/mol. The van der Waals surface area contributed by atoms with Crippen LogP contribution in [0.15, 0.2) is 24.3 Å². The molecule has 1 fully saturated rings. The molecule has 0 aromatic heterocycles. The molecule has 1 saturated heterocycles. The van der Waals surface area contributed by atoms with Crippen LogP contribution in [0.3, 0.4) is 0 Å². The Kier molecular flexibility index (Phi) is 3.50. The molecule has 98 valence electrons. The summed E-state index contributed by atoms with van der Waals surface area (Å²) >= 11 is 0. The van der Waals surface area contributed by atoms with Crippen LogP contribution >= 0.6 is 0 Å². The Balaban J connectivity index is 2.15. The van der Waals surface area contributed by atoms with Crippen molar-refractivity contribution in [1.82, 2.24) is 4.90 Å². The summed E-state index contributed by atoms with van der Waals surface area (Å²) in [7, 11) is 1.75. The quantitative estimate of drug-likeness (QED) is 0.879. The second-order valence-corrected chi connectivity index (χ2v) is 4.52. The molecule has 0 bridgehead atoms. The SMILES string of the molecule is CNc1cccc(C(=O)N2CCCC(F)(F)C2)c1. The van der Waals surface area contributed by atoms with E-state index < -0.39 is 12.5 Å². The highest BCUT2D eigenvalue weighted by molar-refractivity contribution is 5.95. The number of halogens is 2. The minimum atomic E-state index is -2.76. The summed E-state index contributed by atoms with van der Waals surface area (Å²) in [4.78, 5) is 13.4. The third-order valence-electron chi connectivity index (χ3n) is 3.08. The summed E-state index contributed by atoms with van der Waals surface area (Å²) in [5, 5.41) is 2.92. The Morgan fingerprint density at radius 1 is 1.44 bits per heavy atom. The van der Waals surface area contributed by atoms with Gasteiger partial charge in [0.2, 0.25) is 0 Å². The Labute approximate surface area is 105 Å². The lowest BCUT2D eigenvalue weighted by atomic mass is 10.1. The molecule has 1 aromatic carbocycles. The number of rotatable bonds is 2. The number of amides is 1. The minimum absolute atomic E-state index is 0.132. The number of alkyl halides is 2. The number of hydrogen-bond donors (Lipinski definition) is 1. The molecular formula is C13H16F2N2O. The van der Waals surface area contributed by atoms with Gasteiger partial charge in [0.15, 0.2) is 0 Å². The number of hydrogen-bond acceptors (Lipinski definition) is 2. The monoisotopic (exact) mass is 254 g/mol. The van der Waals surface area contributed by atoms with Gasteiger partial charge >= 0.3 is 0 Å². The third kappa shape index (κ3) is 2.78. The van der Waals surface area contributed by atoms with E-state index >= 15 is 0 Å². The van der Waals surface area contributed by atoms with E-state index in [2.05, 4.69) is 5.32 Å². The number of nitrogens with zero attached hydrogens (tertiary/aromatic N) is 1. The molecule has 3 nitrogen and oxygen atoms in total. The van der Waals surface area contributed by atoms with Crippen LogP contribution in [0.25, 0.3) is 0 Å². The largest absolute Gasteiger partial charge is 0.388 e. The summed E-state index contributed by atoms with van der Waals surface area (Å²) in [5.41, 5.74) is 1.24. The lowest BCUT2D eigenvalue weighted by Crippen LogP contribution is -2.45. The van der Waals surface area contributed by atoms with Gasteiger partial charge in [0, 0.05) is 31.3 Å². The lowest BCUT2D eigenvalue weighted by molar-refractivity contribution is -0.0560. The first-order valence-electron chi connectivity index (χ1n) is 5.97. The predicted octanol–water partition coefficient (Wildman–Crippen LogP) is 2.60. The first-order chi connectivity index (χ1) is 8.52. The van der Waals surface area contributed by atoms with Crippen LogP contribution in [0, 0.1) is 0 Å². The average molecular weight is 254 g/mol. The number of carbonyl (C=O) groups excluding carboxylic acids is 1. The van der Waals surface area contributed by atoms with Crippen LogP contribution in [0.1, 0.15) is 23.2 Å². The molecule has 0 unspecified atom stereocenters. The Bertz CT molecular complexity index is 448. The zero-order chi connectivity index (χ0) is 13.2. The summed E-state index contributed by atoms with van der Waals surface area (Å²) < 4.78 is 26.5. The van der Waals surface area contributed by atoms with Crippen molar-refractivity contribution in [1.29, 1.82) is 0 Å². The van der Waals surface area contributed by atoms with Crippen LogP contribution in [0.4, 0.5) is 14.5 Å². The first-order valence-corrected chi connectivity index (χ1v) is 5.97. The molecule has 18 heavy (non-hydrogen) atoms. The topological polar surface area (TPSA) is 32.3 Å². The fraction of sp³-hybridized carbons (Fsp3) is 0.462. The minimum Gasteiger partial charge on any atom is -0.388 e. The molecule has 0 spiro atoms. The van der Waals surface area contributed by atoms with Gasteiger partial charge in [-0.3, -0.25) is 4.79 Å². The van der Waals surface area contributed by atoms with Gasteiger partial charge in [-0.25, -0.2) is 8.78 Å². The predicted molar refractivity (Wildman–Crippen MR) is 66.1 cm³/mol. The summed E-state index contributed by atoms with van der Waals surface area (Å²) in [6.07, 6.45) is 0.220. The molecule has 0 saturated carbocycles. The number of benzene rings is 1. The van der Waals surface area contributed by atoms with Crippen LogP contribution < -0.4 is 5.32 Å². The summed E-state index contributed by atoms with van der Waals surface area (Å²) in [6, 6.07) is 6.88. The number of anilines is 1. The maximum absolute atomic E-state index is 13.3. The van der Waals surface area contributed by atoms with Crippen molar-refractivity contribution in [2.75, 3.05) is 25.5 Å². The van der Waals surface area contributed by atoms with Crippen LogP contribution in [0.2, 0.25) is 0 Å². The second kappa shape index (κ2) is 4.92. The van der Waals surface area contributed by atoms with E-state index in [1.807, 2.05) is 6.07 Å². The lowest BCUT2D eigenvalue weighted by Gasteiger charge is -2.32. The van der Waals surface area contributed by atoms with Crippen molar-refractivity contribution in [3.05, 3.63) is 29.8 Å². The molecule has 0 aliphatic carbocycles. The van der Waals surface area contributed by atoms with Crippen LogP contribution in [-0.4, -0.2) is 36.9 Å².